The molecular weight excluding hydrogens is 342 g/mol. The van der Waals surface area contributed by atoms with Gasteiger partial charge in [-0.2, -0.15) is 0 Å². The van der Waals surface area contributed by atoms with Gasteiger partial charge in [-0.05, 0) is 49.7 Å². The second-order valence-electron chi connectivity index (χ2n) is 6.20. The number of hydrogen-bond acceptors (Lipinski definition) is 4. The minimum Gasteiger partial charge on any atom is -0.493 e. The molecule has 27 heavy (non-hydrogen) atoms. The predicted octanol–water partition coefficient (Wildman–Crippen LogP) is 3.69. The standard InChI is InChI=1S/C21H23N3O3/c1-14(16-5-8-18(9-6-16)24-12-11-22-15(24)2)23-21(25)17-7-10-19(26-3)20(13-17)27-4/h5-14H,1-4H3,(H,23,25). The fraction of sp³-hybridized carbons (Fsp3) is 0.238. The Hall–Kier alpha value is -3.28. The molecule has 0 aliphatic rings. The monoisotopic (exact) mass is 365 g/mol. The van der Waals surface area contributed by atoms with Crippen LogP contribution in [-0.4, -0.2) is 29.7 Å². The van der Waals surface area contributed by atoms with Crippen molar-refractivity contribution in [3.05, 3.63) is 71.8 Å². The van der Waals surface area contributed by atoms with Crippen LogP contribution in [0.4, 0.5) is 0 Å². The average molecular weight is 365 g/mol. The number of amides is 1. The van der Waals surface area contributed by atoms with Crippen LogP contribution in [0.2, 0.25) is 0 Å². The number of aromatic nitrogens is 2. The Labute approximate surface area is 158 Å². The van der Waals surface area contributed by atoms with E-state index in [-0.39, 0.29) is 11.9 Å². The van der Waals surface area contributed by atoms with Crippen molar-refractivity contribution in [2.45, 2.75) is 19.9 Å². The van der Waals surface area contributed by atoms with E-state index in [9.17, 15) is 4.79 Å². The lowest BCUT2D eigenvalue weighted by molar-refractivity contribution is 0.0939. The topological polar surface area (TPSA) is 65.4 Å². The van der Waals surface area contributed by atoms with Gasteiger partial charge < -0.3 is 19.4 Å². The molecule has 3 rings (SSSR count). The average Bonchev–Trinajstić information content (AvgIpc) is 3.13. The molecule has 1 amide bonds. The zero-order valence-electron chi connectivity index (χ0n) is 15.9. The number of aryl methyl sites for hydroxylation is 1. The first-order chi connectivity index (χ1) is 13.0. The van der Waals surface area contributed by atoms with Crippen molar-refractivity contribution in [3.8, 4) is 17.2 Å². The summed E-state index contributed by atoms with van der Waals surface area (Å²) in [5.74, 6) is 1.88. The first-order valence-electron chi connectivity index (χ1n) is 8.66. The molecule has 1 unspecified atom stereocenters. The summed E-state index contributed by atoms with van der Waals surface area (Å²) in [6.07, 6.45) is 3.70. The van der Waals surface area contributed by atoms with Crippen LogP contribution in [0.5, 0.6) is 11.5 Å². The molecule has 140 valence electrons. The molecule has 0 aliphatic heterocycles. The van der Waals surface area contributed by atoms with Crippen molar-refractivity contribution in [1.82, 2.24) is 14.9 Å². The highest BCUT2D eigenvalue weighted by atomic mass is 16.5. The molecule has 0 spiro atoms. The van der Waals surface area contributed by atoms with Gasteiger partial charge >= 0.3 is 0 Å². The molecule has 0 fully saturated rings. The van der Waals surface area contributed by atoms with Crippen molar-refractivity contribution < 1.29 is 14.3 Å². The van der Waals surface area contributed by atoms with Gasteiger partial charge in [0.2, 0.25) is 0 Å². The Morgan fingerprint density at radius 3 is 2.37 bits per heavy atom. The van der Waals surface area contributed by atoms with Crippen molar-refractivity contribution in [1.29, 1.82) is 0 Å². The summed E-state index contributed by atoms with van der Waals surface area (Å²) in [5.41, 5.74) is 2.57. The molecule has 1 aromatic heterocycles. The number of benzene rings is 2. The summed E-state index contributed by atoms with van der Waals surface area (Å²) in [5, 5.41) is 3.01. The number of carbonyl (C=O) groups excluding carboxylic acids is 1. The Morgan fingerprint density at radius 2 is 1.78 bits per heavy atom. The molecule has 0 radical (unpaired) electrons. The first kappa shape index (κ1) is 18.5. The second-order valence-corrected chi connectivity index (χ2v) is 6.20. The van der Waals surface area contributed by atoms with Gasteiger partial charge in [0.15, 0.2) is 11.5 Å². The number of ether oxygens (including phenoxy) is 2. The third-order valence-corrected chi connectivity index (χ3v) is 4.49. The van der Waals surface area contributed by atoms with E-state index in [1.807, 2.05) is 48.9 Å². The number of carbonyl (C=O) groups is 1. The van der Waals surface area contributed by atoms with Crippen LogP contribution in [0.15, 0.2) is 54.9 Å². The van der Waals surface area contributed by atoms with Gasteiger partial charge in [-0.15, -0.1) is 0 Å². The summed E-state index contributed by atoms with van der Waals surface area (Å²) in [7, 11) is 3.11. The molecule has 1 N–H and O–H groups in total. The molecule has 0 bridgehead atoms. The van der Waals surface area contributed by atoms with Crippen LogP contribution >= 0.6 is 0 Å². The van der Waals surface area contributed by atoms with Gasteiger partial charge in [0.25, 0.3) is 5.91 Å². The van der Waals surface area contributed by atoms with Crippen LogP contribution in [0.3, 0.4) is 0 Å². The Morgan fingerprint density at radius 1 is 1.07 bits per heavy atom. The van der Waals surface area contributed by atoms with E-state index in [2.05, 4.69) is 10.3 Å². The third kappa shape index (κ3) is 3.95. The van der Waals surface area contributed by atoms with Crippen LogP contribution in [-0.2, 0) is 0 Å². The van der Waals surface area contributed by atoms with E-state index < -0.39 is 0 Å². The van der Waals surface area contributed by atoms with Crippen molar-refractivity contribution in [3.63, 3.8) is 0 Å². The second kappa shape index (κ2) is 7.95. The number of hydrogen-bond donors (Lipinski definition) is 1. The van der Waals surface area contributed by atoms with E-state index in [0.29, 0.717) is 17.1 Å². The Bertz CT molecular complexity index is 932. The SMILES string of the molecule is COc1ccc(C(=O)NC(C)c2ccc(-n3ccnc3C)cc2)cc1OC. The van der Waals surface area contributed by atoms with Crippen molar-refractivity contribution in [2.24, 2.45) is 0 Å². The van der Waals surface area contributed by atoms with Crippen molar-refractivity contribution >= 4 is 5.91 Å². The minimum absolute atomic E-state index is 0.136. The smallest absolute Gasteiger partial charge is 0.251 e. The van der Waals surface area contributed by atoms with Gasteiger partial charge in [0.05, 0.1) is 20.3 Å². The Kier molecular flexibility index (Phi) is 5.45. The minimum atomic E-state index is -0.169. The summed E-state index contributed by atoms with van der Waals surface area (Å²) >= 11 is 0. The molecular formula is C21H23N3O3. The van der Waals surface area contributed by atoms with Gasteiger partial charge in [-0.1, -0.05) is 12.1 Å². The number of nitrogens with zero attached hydrogens (tertiary/aromatic N) is 2. The molecule has 2 aromatic carbocycles. The van der Waals surface area contributed by atoms with Gasteiger partial charge in [-0.25, -0.2) is 4.98 Å². The maximum absolute atomic E-state index is 12.6. The summed E-state index contributed by atoms with van der Waals surface area (Å²) in [4.78, 5) is 16.8. The predicted molar refractivity (Wildman–Crippen MR) is 104 cm³/mol. The van der Waals surface area contributed by atoms with E-state index >= 15 is 0 Å². The van der Waals surface area contributed by atoms with Crippen LogP contribution in [0.25, 0.3) is 5.69 Å². The lowest BCUT2D eigenvalue weighted by Gasteiger charge is -2.16. The normalized spacial score (nSPS) is 11.7. The lowest BCUT2D eigenvalue weighted by Crippen LogP contribution is -2.26. The van der Waals surface area contributed by atoms with Gasteiger partial charge in [-0.3, -0.25) is 4.79 Å². The molecule has 1 heterocycles. The van der Waals surface area contributed by atoms with Crippen LogP contribution in [0.1, 0.15) is 34.7 Å². The quantitative estimate of drug-likeness (QED) is 0.724. The van der Waals surface area contributed by atoms with Crippen LogP contribution < -0.4 is 14.8 Å². The first-order valence-corrected chi connectivity index (χ1v) is 8.66. The fourth-order valence-corrected chi connectivity index (χ4v) is 2.92. The molecule has 1 atom stereocenters. The van der Waals surface area contributed by atoms with Crippen molar-refractivity contribution in [2.75, 3.05) is 14.2 Å². The summed E-state index contributed by atoms with van der Waals surface area (Å²) < 4.78 is 12.5. The van der Waals surface area contributed by atoms with Gasteiger partial charge in [0.1, 0.15) is 5.82 Å². The fourth-order valence-electron chi connectivity index (χ4n) is 2.92. The summed E-state index contributed by atoms with van der Waals surface area (Å²) in [6, 6.07) is 13.0. The molecule has 0 saturated carbocycles. The zero-order chi connectivity index (χ0) is 19.4. The Balaban J connectivity index is 1.72. The number of methoxy groups -OCH3 is 2. The van der Waals surface area contributed by atoms with E-state index in [4.69, 9.17) is 9.47 Å². The number of rotatable bonds is 6. The van der Waals surface area contributed by atoms with Crippen LogP contribution in [0, 0.1) is 6.92 Å². The molecule has 6 heteroatoms. The number of nitrogens with one attached hydrogen (secondary N) is 1. The summed E-state index contributed by atoms with van der Waals surface area (Å²) in [6.45, 7) is 3.91. The van der Waals surface area contributed by atoms with E-state index in [1.54, 1.807) is 38.6 Å². The maximum atomic E-state index is 12.6. The maximum Gasteiger partial charge on any atom is 0.251 e. The number of imidazole rings is 1. The largest absolute Gasteiger partial charge is 0.493 e. The molecule has 0 saturated heterocycles. The highest BCUT2D eigenvalue weighted by molar-refractivity contribution is 5.95. The molecule has 3 aromatic rings. The van der Waals surface area contributed by atoms with E-state index in [1.165, 1.54) is 0 Å². The highest BCUT2D eigenvalue weighted by Crippen LogP contribution is 2.27. The van der Waals surface area contributed by atoms with E-state index in [0.717, 1.165) is 17.1 Å². The molecule has 6 nitrogen and oxygen atoms in total. The third-order valence-electron chi connectivity index (χ3n) is 4.49. The van der Waals surface area contributed by atoms with Gasteiger partial charge in [0, 0.05) is 23.6 Å². The zero-order valence-corrected chi connectivity index (χ0v) is 15.9. The highest BCUT2D eigenvalue weighted by Gasteiger charge is 2.14. The lowest BCUT2D eigenvalue weighted by atomic mass is 10.1. The molecule has 0 aliphatic carbocycles.